The summed E-state index contributed by atoms with van der Waals surface area (Å²) < 4.78 is 5.57. The number of halogens is 1. The number of benzene rings is 2. The Morgan fingerprint density at radius 3 is 2.62 bits per heavy atom. The van der Waals surface area contributed by atoms with Gasteiger partial charge < -0.3 is 10.5 Å². The van der Waals surface area contributed by atoms with Gasteiger partial charge in [0.1, 0.15) is 11.6 Å². The molecule has 0 heterocycles. The predicted molar refractivity (Wildman–Crippen MR) is 80.4 cm³/mol. The molecule has 21 heavy (non-hydrogen) atoms. The molecule has 0 fully saturated rings. The van der Waals surface area contributed by atoms with Gasteiger partial charge >= 0.3 is 0 Å². The molecule has 0 spiro atoms. The van der Waals surface area contributed by atoms with Crippen LogP contribution in [0.1, 0.15) is 11.1 Å². The molecule has 2 rings (SSSR count). The second kappa shape index (κ2) is 5.80. The molecule has 0 saturated carbocycles. The molecule has 2 aromatic rings. The number of rotatable bonds is 4. The minimum Gasteiger partial charge on any atom is -0.456 e. The fraction of sp³-hybridized carbons (Fsp3) is 0.0714. The van der Waals surface area contributed by atoms with Gasteiger partial charge in [-0.05, 0) is 36.8 Å². The Morgan fingerprint density at radius 1 is 1.33 bits per heavy atom. The maximum absolute atomic E-state index is 10.8. The average Bonchev–Trinajstić information content (AvgIpc) is 2.40. The van der Waals surface area contributed by atoms with Gasteiger partial charge in [-0.1, -0.05) is 11.6 Å². The van der Waals surface area contributed by atoms with E-state index in [0.717, 1.165) is 5.56 Å². The van der Waals surface area contributed by atoms with E-state index in [2.05, 4.69) is 0 Å². The van der Waals surface area contributed by atoms with Crippen molar-refractivity contribution in [1.82, 2.24) is 0 Å². The Labute approximate surface area is 125 Å². The van der Waals surface area contributed by atoms with Crippen molar-refractivity contribution in [3.8, 4) is 11.5 Å². The Kier molecular flexibility index (Phi) is 4.09. The zero-order chi connectivity index (χ0) is 15.6. The van der Waals surface area contributed by atoms with Gasteiger partial charge in [0, 0.05) is 11.6 Å². The highest BCUT2D eigenvalue weighted by atomic mass is 35.5. The predicted octanol–water partition coefficient (Wildman–Crippen LogP) is 3.63. The molecule has 6 nitrogen and oxygen atoms in total. The lowest BCUT2D eigenvalue weighted by atomic mass is 10.1. The van der Waals surface area contributed by atoms with Crippen LogP contribution in [-0.2, 0) is 0 Å². The topological polar surface area (TPSA) is 102 Å². The third-order valence-corrected chi connectivity index (χ3v) is 3.15. The molecule has 0 aromatic heterocycles. The lowest BCUT2D eigenvalue weighted by molar-refractivity contribution is -0.384. The fourth-order valence-corrected chi connectivity index (χ4v) is 1.97. The van der Waals surface area contributed by atoms with Crippen molar-refractivity contribution in [2.75, 3.05) is 0 Å². The summed E-state index contributed by atoms with van der Waals surface area (Å²) in [5.41, 5.74) is 6.71. The van der Waals surface area contributed by atoms with E-state index in [1.807, 2.05) is 0 Å². The molecule has 0 aliphatic rings. The van der Waals surface area contributed by atoms with Crippen LogP contribution in [0.5, 0.6) is 11.5 Å². The van der Waals surface area contributed by atoms with Gasteiger partial charge in [-0.25, -0.2) is 0 Å². The van der Waals surface area contributed by atoms with E-state index in [1.54, 1.807) is 25.1 Å². The highest BCUT2D eigenvalue weighted by molar-refractivity contribution is 6.32. The van der Waals surface area contributed by atoms with Crippen molar-refractivity contribution in [3.63, 3.8) is 0 Å². The number of nitrogens with zero attached hydrogens (tertiary/aromatic N) is 1. The molecular formula is C14H12ClN3O3. The molecule has 0 radical (unpaired) electrons. The molecule has 108 valence electrons. The standard InChI is InChI=1S/C14H12ClN3O3/c1-8-6-10(3-4-11(8)14(16)17)21-13-7-9(18(19)20)2-5-12(13)15/h2-7H,1H3,(H3,16,17). The largest absolute Gasteiger partial charge is 0.456 e. The summed E-state index contributed by atoms with van der Waals surface area (Å²) >= 11 is 5.97. The van der Waals surface area contributed by atoms with Gasteiger partial charge in [-0.3, -0.25) is 15.5 Å². The van der Waals surface area contributed by atoms with Gasteiger partial charge in [-0.15, -0.1) is 0 Å². The first kappa shape index (κ1) is 14.8. The minimum atomic E-state index is -0.521. The minimum absolute atomic E-state index is 0.0348. The van der Waals surface area contributed by atoms with Crippen LogP contribution in [0.4, 0.5) is 5.69 Å². The van der Waals surface area contributed by atoms with Crippen molar-refractivity contribution in [1.29, 1.82) is 5.41 Å². The smallest absolute Gasteiger partial charge is 0.273 e. The number of ether oxygens (including phenoxy) is 1. The maximum atomic E-state index is 10.8. The molecule has 0 bridgehead atoms. The molecule has 0 saturated heterocycles. The molecule has 2 aromatic carbocycles. The number of aryl methyl sites for hydroxylation is 1. The number of non-ortho nitro benzene ring substituents is 1. The van der Waals surface area contributed by atoms with E-state index in [4.69, 9.17) is 27.5 Å². The van der Waals surface area contributed by atoms with Crippen LogP contribution in [0.2, 0.25) is 5.02 Å². The lowest BCUT2D eigenvalue weighted by Crippen LogP contribution is -2.12. The summed E-state index contributed by atoms with van der Waals surface area (Å²) in [7, 11) is 0. The first-order valence-corrected chi connectivity index (χ1v) is 6.33. The molecule has 0 amide bonds. The molecule has 3 N–H and O–H groups in total. The van der Waals surface area contributed by atoms with Crippen molar-refractivity contribution in [3.05, 3.63) is 62.7 Å². The van der Waals surface area contributed by atoms with E-state index in [0.29, 0.717) is 11.3 Å². The normalized spacial score (nSPS) is 10.2. The molecule has 0 unspecified atom stereocenters. The summed E-state index contributed by atoms with van der Waals surface area (Å²) in [5, 5.41) is 18.5. The van der Waals surface area contributed by atoms with Crippen molar-refractivity contribution in [2.24, 2.45) is 5.73 Å². The second-order valence-electron chi connectivity index (χ2n) is 4.36. The number of nitrogens with one attached hydrogen (secondary N) is 1. The number of nitro benzene ring substituents is 1. The quantitative estimate of drug-likeness (QED) is 0.389. The van der Waals surface area contributed by atoms with E-state index < -0.39 is 4.92 Å². The first-order chi connectivity index (χ1) is 9.88. The Balaban J connectivity index is 2.34. The number of hydrogen-bond donors (Lipinski definition) is 2. The first-order valence-electron chi connectivity index (χ1n) is 5.95. The number of nitrogens with two attached hydrogens (primary N) is 1. The summed E-state index contributed by atoms with van der Waals surface area (Å²) in [5.74, 6) is 0.619. The van der Waals surface area contributed by atoms with Crippen LogP contribution in [-0.4, -0.2) is 10.8 Å². The number of nitro groups is 1. The van der Waals surface area contributed by atoms with Crippen LogP contribution in [0.3, 0.4) is 0 Å². The SMILES string of the molecule is Cc1cc(Oc2cc([N+](=O)[O-])ccc2Cl)ccc1C(=N)N. The van der Waals surface area contributed by atoms with Crippen LogP contribution in [0.25, 0.3) is 0 Å². The number of nitrogen functional groups attached to an aromatic ring is 1. The average molecular weight is 306 g/mol. The van der Waals surface area contributed by atoms with E-state index in [9.17, 15) is 10.1 Å². The summed E-state index contributed by atoms with van der Waals surface area (Å²) in [4.78, 5) is 10.2. The monoisotopic (exact) mass is 305 g/mol. The van der Waals surface area contributed by atoms with Crippen LogP contribution >= 0.6 is 11.6 Å². The third kappa shape index (κ3) is 3.29. The zero-order valence-electron chi connectivity index (χ0n) is 11.1. The van der Waals surface area contributed by atoms with Crippen molar-refractivity contribution < 1.29 is 9.66 Å². The molecule has 0 aliphatic carbocycles. The molecule has 7 heteroatoms. The van der Waals surface area contributed by atoms with E-state index in [1.165, 1.54) is 18.2 Å². The highest BCUT2D eigenvalue weighted by Crippen LogP contribution is 2.33. The summed E-state index contributed by atoms with van der Waals surface area (Å²) in [6.45, 7) is 1.79. The molecule has 0 aliphatic heterocycles. The third-order valence-electron chi connectivity index (χ3n) is 2.84. The highest BCUT2D eigenvalue weighted by Gasteiger charge is 2.12. The van der Waals surface area contributed by atoms with Gasteiger partial charge in [0.25, 0.3) is 5.69 Å². The van der Waals surface area contributed by atoms with Crippen LogP contribution < -0.4 is 10.5 Å². The van der Waals surface area contributed by atoms with Gasteiger partial charge in [0.15, 0.2) is 5.75 Å². The lowest BCUT2D eigenvalue weighted by Gasteiger charge is -2.10. The van der Waals surface area contributed by atoms with Crippen LogP contribution in [0.15, 0.2) is 36.4 Å². The molecule has 0 atom stereocenters. The summed E-state index contributed by atoms with van der Waals surface area (Å²) in [6, 6.07) is 8.94. The molecular weight excluding hydrogens is 294 g/mol. The maximum Gasteiger partial charge on any atom is 0.273 e. The van der Waals surface area contributed by atoms with Gasteiger partial charge in [-0.2, -0.15) is 0 Å². The van der Waals surface area contributed by atoms with Gasteiger partial charge in [0.05, 0.1) is 16.0 Å². The van der Waals surface area contributed by atoms with Crippen molar-refractivity contribution >= 4 is 23.1 Å². The fourth-order valence-electron chi connectivity index (χ4n) is 1.81. The number of hydrogen-bond acceptors (Lipinski definition) is 4. The van der Waals surface area contributed by atoms with Gasteiger partial charge in [0.2, 0.25) is 0 Å². The van der Waals surface area contributed by atoms with E-state index in [-0.39, 0.29) is 22.3 Å². The van der Waals surface area contributed by atoms with E-state index >= 15 is 0 Å². The van der Waals surface area contributed by atoms with Crippen molar-refractivity contribution in [2.45, 2.75) is 6.92 Å². The number of amidine groups is 1. The summed E-state index contributed by atoms with van der Waals surface area (Å²) in [6.07, 6.45) is 0. The van der Waals surface area contributed by atoms with Crippen LogP contribution in [0, 0.1) is 22.4 Å². The Morgan fingerprint density at radius 2 is 2.05 bits per heavy atom. The Bertz CT molecular complexity index is 731. The second-order valence-corrected chi connectivity index (χ2v) is 4.77. The zero-order valence-corrected chi connectivity index (χ0v) is 11.8. The Hall–Kier alpha value is -2.60.